The van der Waals surface area contributed by atoms with Gasteiger partial charge < -0.3 is 8.37 Å². The molecule has 0 heterocycles. The van der Waals surface area contributed by atoms with Crippen molar-refractivity contribution in [3.63, 3.8) is 0 Å². The standard InChI is InChI=1S/CH2O2S3/c4-1(2-5)3-6/h5-6H. The van der Waals surface area contributed by atoms with Crippen LogP contribution in [0.2, 0.25) is 0 Å². The van der Waals surface area contributed by atoms with E-state index >= 15 is 0 Å². The molecule has 0 bridgehead atoms. The van der Waals surface area contributed by atoms with Gasteiger partial charge >= 0.3 is 5.24 Å². The Morgan fingerprint density at radius 2 is 1.67 bits per heavy atom. The minimum Gasteiger partial charge on any atom is -0.385 e. The first-order valence-corrected chi connectivity index (χ1v) is 2.12. The average Bonchev–Trinajstić information content (AvgIpc) is 1.65. The average molecular weight is 142 g/mol. The maximum atomic E-state index is 4.26. The molecule has 0 aliphatic rings. The van der Waals surface area contributed by atoms with Gasteiger partial charge in [-0.3, -0.25) is 0 Å². The van der Waals surface area contributed by atoms with Crippen LogP contribution >= 0.6 is 38.0 Å². The minimum absolute atomic E-state index is 0.0957. The molecule has 0 aromatic heterocycles. The highest BCUT2D eigenvalue weighted by atomic mass is 32.1. The van der Waals surface area contributed by atoms with Crippen LogP contribution < -0.4 is 0 Å². The summed E-state index contributed by atoms with van der Waals surface area (Å²) in [5.41, 5.74) is 0. The van der Waals surface area contributed by atoms with E-state index in [4.69, 9.17) is 0 Å². The predicted octanol–water partition coefficient (Wildman–Crippen LogP) is 0.994. The molecule has 0 radical (unpaired) electrons. The second-order valence-electron chi connectivity index (χ2n) is 0.433. The largest absolute Gasteiger partial charge is 0.385 e. The first-order chi connectivity index (χ1) is 2.81. The Balaban J connectivity index is 2.99. The fourth-order valence-corrected chi connectivity index (χ4v) is 0.150. The molecule has 5 heteroatoms. The summed E-state index contributed by atoms with van der Waals surface area (Å²) in [4.78, 5) is 0. The van der Waals surface area contributed by atoms with Crippen molar-refractivity contribution in [3.8, 4) is 0 Å². The fourth-order valence-electron chi connectivity index (χ4n) is 0.0167. The summed E-state index contributed by atoms with van der Waals surface area (Å²) in [6, 6.07) is 0. The molecule has 0 rings (SSSR count). The lowest BCUT2D eigenvalue weighted by molar-refractivity contribution is 0.495. The predicted molar refractivity (Wildman–Crippen MR) is 32.7 cm³/mol. The van der Waals surface area contributed by atoms with Crippen LogP contribution in [-0.4, -0.2) is 5.24 Å². The van der Waals surface area contributed by atoms with Crippen LogP contribution in [0.5, 0.6) is 0 Å². The van der Waals surface area contributed by atoms with Gasteiger partial charge in [-0.15, -0.1) is 0 Å². The van der Waals surface area contributed by atoms with Gasteiger partial charge in [0.1, 0.15) is 0 Å². The monoisotopic (exact) mass is 142 g/mol. The Morgan fingerprint density at radius 3 is 1.67 bits per heavy atom. The van der Waals surface area contributed by atoms with E-state index in [0.29, 0.717) is 0 Å². The molecule has 0 spiro atoms. The fraction of sp³-hybridized carbons (Fsp3) is 0. The molecule has 0 amide bonds. The third-order valence-corrected chi connectivity index (χ3v) is 0.894. The molecule has 0 saturated heterocycles. The summed E-state index contributed by atoms with van der Waals surface area (Å²) >= 11 is 10.8. The van der Waals surface area contributed by atoms with Crippen LogP contribution in [0.15, 0.2) is 0 Å². The van der Waals surface area contributed by atoms with Crippen LogP contribution in [0, 0.1) is 0 Å². The highest BCUT2D eigenvalue weighted by Gasteiger charge is 1.85. The summed E-state index contributed by atoms with van der Waals surface area (Å²) in [5.74, 6) is 0. The summed E-state index contributed by atoms with van der Waals surface area (Å²) in [6.45, 7) is 0. The Kier molecular flexibility index (Phi) is 3.81. The van der Waals surface area contributed by atoms with Crippen LogP contribution in [0.25, 0.3) is 0 Å². The molecular weight excluding hydrogens is 140 g/mol. The van der Waals surface area contributed by atoms with Crippen molar-refractivity contribution in [1.29, 1.82) is 0 Å². The molecule has 36 valence electrons. The van der Waals surface area contributed by atoms with E-state index in [2.05, 4.69) is 46.4 Å². The van der Waals surface area contributed by atoms with Crippen molar-refractivity contribution in [3.05, 3.63) is 0 Å². The first-order valence-electron chi connectivity index (χ1n) is 0.978. The highest BCUT2D eigenvalue weighted by Crippen LogP contribution is 1.88. The van der Waals surface area contributed by atoms with Crippen LogP contribution in [0.1, 0.15) is 0 Å². The number of thiocarbonyl (C=S) groups is 1. The van der Waals surface area contributed by atoms with E-state index in [1.807, 2.05) is 0 Å². The Labute approximate surface area is 52.1 Å². The Hall–Kier alpha value is 0.390. The minimum atomic E-state index is -0.0957. The third kappa shape index (κ3) is 2.62. The molecule has 0 N–H and O–H groups in total. The van der Waals surface area contributed by atoms with Crippen molar-refractivity contribution in [1.82, 2.24) is 0 Å². The number of hydrogen-bond acceptors (Lipinski definition) is 5. The van der Waals surface area contributed by atoms with Crippen molar-refractivity contribution in [2.24, 2.45) is 0 Å². The van der Waals surface area contributed by atoms with Gasteiger partial charge in [0, 0.05) is 38.0 Å². The summed E-state index contributed by atoms with van der Waals surface area (Å²) in [6.07, 6.45) is 0. The smallest absolute Gasteiger partial charge is 0.376 e. The summed E-state index contributed by atoms with van der Waals surface area (Å²) in [7, 11) is 0. The SMILES string of the molecule is S=C(OS)OS. The molecule has 0 aromatic rings. The molecule has 0 unspecified atom stereocenters. The van der Waals surface area contributed by atoms with Crippen molar-refractivity contribution >= 4 is 43.3 Å². The molecular formula is CH2O2S3. The molecule has 0 saturated carbocycles. The van der Waals surface area contributed by atoms with Gasteiger partial charge in [0.25, 0.3) is 0 Å². The number of rotatable bonds is 0. The summed E-state index contributed by atoms with van der Waals surface area (Å²) in [5, 5.41) is -0.0957. The lowest BCUT2D eigenvalue weighted by atomic mass is 11.5. The maximum absolute atomic E-state index is 4.26. The molecule has 0 aromatic carbocycles. The van der Waals surface area contributed by atoms with Gasteiger partial charge in [-0.25, -0.2) is 0 Å². The van der Waals surface area contributed by atoms with Crippen molar-refractivity contribution in [2.75, 3.05) is 0 Å². The van der Waals surface area contributed by atoms with Crippen LogP contribution in [0.3, 0.4) is 0 Å². The van der Waals surface area contributed by atoms with Crippen LogP contribution in [0.4, 0.5) is 0 Å². The van der Waals surface area contributed by atoms with Crippen LogP contribution in [-0.2, 0) is 8.37 Å². The number of thiol groups is 2. The van der Waals surface area contributed by atoms with E-state index in [1.54, 1.807) is 0 Å². The van der Waals surface area contributed by atoms with Crippen molar-refractivity contribution < 1.29 is 8.37 Å². The maximum Gasteiger partial charge on any atom is 0.376 e. The second kappa shape index (κ2) is 3.58. The molecule has 6 heavy (non-hydrogen) atoms. The Bertz CT molecular complexity index is 46.8. The lowest BCUT2D eigenvalue weighted by Gasteiger charge is -1.90. The molecule has 0 fully saturated rings. The normalized spacial score (nSPS) is 7.00. The number of hydrogen-bond donors (Lipinski definition) is 2. The van der Waals surface area contributed by atoms with Crippen molar-refractivity contribution in [2.45, 2.75) is 0 Å². The highest BCUT2D eigenvalue weighted by molar-refractivity contribution is 7.84. The molecule has 0 aliphatic heterocycles. The van der Waals surface area contributed by atoms with Gasteiger partial charge in [0.15, 0.2) is 0 Å². The van der Waals surface area contributed by atoms with Gasteiger partial charge in [-0.05, 0) is 0 Å². The zero-order chi connectivity index (χ0) is 4.99. The van der Waals surface area contributed by atoms with E-state index in [1.165, 1.54) is 0 Å². The molecule has 2 nitrogen and oxygen atoms in total. The second-order valence-corrected chi connectivity index (χ2v) is 1.13. The van der Waals surface area contributed by atoms with Gasteiger partial charge in [-0.1, -0.05) is 0 Å². The van der Waals surface area contributed by atoms with E-state index in [9.17, 15) is 0 Å². The van der Waals surface area contributed by atoms with Gasteiger partial charge in [-0.2, -0.15) is 0 Å². The summed E-state index contributed by atoms with van der Waals surface area (Å²) < 4.78 is 8.05. The first kappa shape index (κ1) is 6.39. The van der Waals surface area contributed by atoms with Gasteiger partial charge in [0.05, 0.1) is 0 Å². The molecule has 0 atom stereocenters. The zero-order valence-electron chi connectivity index (χ0n) is 2.62. The van der Waals surface area contributed by atoms with Gasteiger partial charge in [0.2, 0.25) is 0 Å². The third-order valence-electron chi connectivity index (χ3n) is 0.149. The molecule has 0 aliphatic carbocycles. The quantitative estimate of drug-likeness (QED) is 0.299. The lowest BCUT2D eigenvalue weighted by Crippen LogP contribution is -1.88. The Morgan fingerprint density at radius 1 is 1.33 bits per heavy atom. The van der Waals surface area contributed by atoms with E-state index in [0.717, 1.165) is 0 Å². The topological polar surface area (TPSA) is 18.5 Å². The van der Waals surface area contributed by atoms with E-state index in [-0.39, 0.29) is 5.24 Å². The van der Waals surface area contributed by atoms with E-state index < -0.39 is 0 Å². The zero-order valence-corrected chi connectivity index (χ0v) is 5.22.